The van der Waals surface area contributed by atoms with Gasteiger partial charge in [-0.05, 0) is 57.0 Å². The molecular formula is C29H54N6O6Si2. The number of anilines is 1. The van der Waals surface area contributed by atoms with Gasteiger partial charge in [0.15, 0.2) is 40.4 Å². The summed E-state index contributed by atoms with van der Waals surface area (Å²) in [6.07, 6.45) is 0.125. The Hall–Kier alpha value is -2.11. The van der Waals surface area contributed by atoms with Crippen molar-refractivity contribution in [1.29, 1.82) is 0 Å². The summed E-state index contributed by atoms with van der Waals surface area (Å²) in [5.74, 6) is 0.252. The number of nitrogens with two attached hydrogens (primary N) is 1. The van der Waals surface area contributed by atoms with Crippen LogP contribution in [0.25, 0.3) is 11.2 Å². The molecule has 14 heteroatoms. The van der Waals surface area contributed by atoms with Gasteiger partial charge in [-0.25, -0.2) is 19.7 Å². The van der Waals surface area contributed by atoms with Crippen molar-refractivity contribution in [3.63, 3.8) is 0 Å². The van der Waals surface area contributed by atoms with Gasteiger partial charge in [0.25, 0.3) is 0 Å². The van der Waals surface area contributed by atoms with Gasteiger partial charge in [0, 0.05) is 13.2 Å². The van der Waals surface area contributed by atoms with E-state index in [-0.39, 0.29) is 15.9 Å². The molecule has 244 valence electrons. The third-order valence-corrected chi connectivity index (χ3v) is 17.8. The summed E-state index contributed by atoms with van der Waals surface area (Å²) in [6.45, 7) is 28.8. The molecule has 43 heavy (non-hydrogen) atoms. The third-order valence-electron chi connectivity index (χ3n) is 8.80. The predicted molar refractivity (Wildman–Crippen MR) is 173 cm³/mol. The Morgan fingerprint density at radius 3 is 2.16 bits per heavy atom. The highest BCUT2D eigenvalue weighted by atomic mass is 28.4. The number of nitrogens with one attached hydrogen (secondary N) is 1. The largest absolute Gasteiger partial charge is 0.509 e. The normalized spacial score (nSPS) is 22.3. The predicted octanol–water partition coefficient (Wildman–Crippen LogP) is 5.63. The molecule has 3 rings (SSSR count). The lowest BCUT2D eigenvalue weighted by Gasteiger charge is -2.37. The first-order valence-corrected chi connectivity index (χ1v) is 20.9. The molecule has 0 spiro atoms. The van der Waals surface area contributed by atoms with Crippen LogP contribution in [0.15, 0.2) is 12.7 Å². The second-order valence-corrected chi connectivity index (χ2v) is 25.0. The van der Waals surface area contributed by atoms with E-state index < -0.39 is 52.9 Å². The molecule has 3 N–H and O–H groups in total. The second kappa shape index (κ2) is 12.7. The lowest BCUT2D eigenvalue weighted by Crippen LogP contribution is -2.51. The Balaban J connectivity index is 1.96. The molecule has 1 aliphatic rings. The summed E-state index contributed by atoms with van der Waals surface area (Å²) >= 11 is 0. The van der Waals surface area contributed by atoms with E-state index in [1.807, 2.05) is 0 Å². The quantitative estimate of drug-likeness (QED) is 0.190. The summed E-state index contributed by atoms with van der Waals surface area (Å²) in [5.41, 5.74) is 6.26. The molecule has 0 saturated carbocycles. The van der Waals surface area contributed by atoms with Crippen molar-refractivity contribution in [2.75, 3.05) is 25.5 Å². The smallest absolute Gasteiger partial charge is 0.429 e. The molecule has 1 fully saturated rings. The number of rotatable bonds is 10. The molecule has 0 bridgehead atoms. The molecule has 2 aromatic rings. The van der Waals surface area contributed by atoms with Gasteiger partial charge >= 0.3 is 6.16 Å². The first kappa shape index (κ1) is 35.4. The maximum absolute atomic E-state index is 13.1. The minimum atomic E-state index is -2.13. The molecular weight excluding hydrogens is 585 g/mol. The van der Waals surface area contributed by atoms with Crippen molar-refractivity contribution in [1.82, 2.24) is 24.8 Å². The molecule has 1 aliphatic heterocycles. The van der Waals surface area contributed by atoms with Gasteiger partial charge in [-0.1, -0.05) is 41.5 Å². The van der Waals surface area contributed by atoms with Crippen LogP contribution in [-0.2, 0) is 23.1 Å². The zero-order chi connectivity index (χ0) is 32.6. The van der Waals surface area contributed by atoms with Crippen molar-refractivity contribution in [2.45, 2.75) is 129 Å². The fourth-order valence-electron chi connectivity index (χ4n) is 4.17. The Morgan fingerprint density at radius 1 is 0.977 bits per heavy atom. The van der Waals surface area contributed by atoms with Crippen LogP contribution in [0, 0.1) is 0 Å². The van der Waals surface area contributed by atoms with Crippen molar-refractivity contribution >= 4 is 39.8 Å². The summed E-state index contributed by atoms with van der Waals surface area (Å²) in [6, 6.07) is -0.443. The van der Waals surface area contributed by atoms with Crippen LogP contribution in [0.3, 0.4) is 0 Å². The molecule has 12 nitrogen and oxygen atoms in total. The zero-order valence-corrected chi connectivity index (χ0v) is 30.4. The molecule has 4 atom stereocenters. The summed E-state index contributed by atoms with van der Waals surface area (Å²) < 4.78 is 33.1. The maximum Gasteiger partial charge on any atom is 0.509 e. The van der Waals surface area contributed by atoms with E-state index in [9.17, 15) is 4.79 Å². The highest BCUT2D eigenvalue weighted by molar-refractivity contribution is 6.74. The number of carbonyl (C=O) groups is 1. The molecule has 0 radical (unpaired) electrons. The minimum Gasteiger partial charge on any atom is -0.429 e. The van der Waals surface area contributed by atoms with E-state index in [1.165, 1.54) is 6.33 Å². The molecule has 1 saturated heterocycles. The van der Waals surface area contributed by atoms with Gasteiger partial charge in [-0.2, -0.15) is 0 Å². The van der Waals surface area contributed by atoms with Crippen molar-refractivity contribution < 1.29 is 27.9 Å². The summed E-state index contributed by atoms with van der Waals surface area (Å²) in [7, 11) is -4.08. The fraction of sp³-hybridized carbons (Fsp3) is 0.793. The number of imidazole rings is 1. The maximum atomic E-state index is 13.1. The zero-order valence-electron chi connectivity index (χ0n) is 28.4. The Morgan fingerprint density at radius 2 is 1.58 bits per heavy atom. The first-order chi connectivity index (χ1) is 19.5. The standard InChI is InChI=1S/C29H54N6O6Si2/c1-27(2,3)41-26(36)40-22-20(31-14-15-37-42(10,11)28(4,5)6)19(16-38-43(12,13)29(7,8)9)39-25(22)35-18-34-21-23(30)32-17-33-24(21)35/h17-20,22,25,31H,14-16H2,1-13H3,(H2,30,32,33)/t19-,20-,22+,25-/m1/s1. The molecule has 0 aromatic carbocycles. The van der Waals surface area contributed by atoms with Crippen LogP contribution in [-0.4, -0.2) is 85.9 Å². The molecule has 0 amide bonds. The van der Waals surface area contributed by atoms with Crippen LogP contribution in [0.5, 0.6) is 0 Å². The topological polar surface area (TPSA) is 145 Å². The van der Waals surface area contributed by atoms with E-state index in [2.05, 4.69) is 88.0 Å². The molecule has 2 aromatic heterocycles. The number of nitrogen functional groups attached to an aromatic ring is 1. The Kier molecular flexibility index (Phi) is 10.5. The highest BCUT2D eigenvalue weighted by Gasteiger charge is 2.50. The van der Waals surface area contributed by atoms with E-state index >= 15 is 0 Å². The van der Waals surface area contributed by atoms with E-state index in [0.717, 1.165) is 0 Å². The molecule has 0 aliphatic carbocycles. The van der Waals surface area contributed by atoms with Crippen molar-refractivity contribution in [2.24, 2.45) is 0 Å². The lowest BCUT2D eigenvalue weighted by molar-refractivity contribution is -0.0746. The SMILES string of the molecule is CC(C)(C)OC(=O)O[C@H]1[C@H](NCCO[Si](C)(C)C(C)(C)C)[C@@H](CO[Si](C)(C)C(C)(C)C)O[C@H]1n1cnc2c(N)ncnc21. The van der Waals surface area contributed by atoms with Crippen LogP contribution in [0.4, 0.5) is 10.6 Å². The number of nitrogens with zero attached hydrogens (tertiary/aromatic N) is 4. The minimum absolute atomic E-state index is 0.00630. The fourth-order valence-corrected chi connectivity index (χ4v) is 6.23. The Labute approximate surface area is 259 Å². The van der Waals surface area contributed by atoms with Crippen LogP contribution < -0.4 is 11.1 Å². The van der Waals surface area contributed by atoms with Gasteiger partial charge in [-0.3, -0.25) is 4.57 Å². The number of hydrogen-bond donors (Lipinski definition) is 2. The van der Waals surface area contributed by atoms with Crippen LogP contribution in [0.1, 0.15) is 68.5 Å². The first-order valence-electron chi connectivity index (χ1n) is 15.0. The van der Waals surface area contributed by atoms with Crippen molar-refractivity contribution in [3.8, 4) is 0 Å². The molecule has 3 heterocycles. The average molecular weight is 639 g/mol. The summed E-state index contributed by atoms with van der Waals surface area (Å²) in [4.78, 5) is 26.0. The van der Waals surface area contributed by atoms with Gasteiger partial charge < -0.3 is 34.1 Å². The van der Waals surface area contributed by atoms with Crippen LogP contribution in [0.2, 0.25) is 36.3 Å². The third kappa shape index (κ3) is 8.54. The van der Waals surface area contributed by atoms with Gasteiger partial charge in [0.2, 0.25) is 0 Å². The lowest BCUT2D eigenvalue weighted by atomic mass is 10.1. The second-order valence-electron chi connectivity index (χ2n) is 15.4. The van der Waals surface area contributed by atoms with Crippen LogP contribution >= 0.6 is 0 Å². The number of fused-ring (bicyclic) bond motifs is 1. The molecule has 0 unspecified atom stereocenters. The van der Waals surface area contributed by atoms with Gasteiger partial charge in [0.1, 0.15) is 23.5 Å². The Bertz CT molecular complexity index is 1250. The summed E-state index contributed by atoms with van der Waals surface area (Å²) in [5, 5.41) is 3.68. The number of ether oxygens (including phenoxy) is 3. The van der Waals surface area contributed by atoms with Crippen molar-refractivity contribution in [3.05, 3.63) is 12.7 Å². The van der Waals surface area contributed by atoms with Gasteiger partial charge in [0.05, 0.1) is 19.0 Å². The number of aromatic nitrogens is 4. The van der Waals surface area contributed by atoms with E-state index in [4.69, 9.17) is 28.8 Å². The van der Waals surface area contributed by atoms with E-state index in [1.54, 1.807) is 31.7 Å². The monoisotopic (exact) mass is 638 g/mol. The average Bonchev–Trinajstić information content (AvgIpc) is 3.40. The van der Waals surface area contributed by atoms with Gasteiger partial charge in [-0.15, -0.1) is 0 Å². The highest BCUT2D eigenvalue weighted by Crippen LogP contribution is 2.40. The number of hydrogen-bond acceptors (Lipinski definition) is 11. The number of carbonyl (C=O) groups excluding carboxylic acids is 1. The van der Waals surface area contributed by atoms with E-state index in [0.29, 0.717) is 30.9 Å².